The lowest BCUT2D eigenvalue weighted by Gasteiger charge is -2.15. The summed E-state index contributed by atoms with van der Waals surface area (Å²) in [6.07, 6.45) is 1.56. The molecule has 0 radical (unpaired) electrons. The Balaban J connectivity index is 1.90. The van der Waals surface area contributed by atoms with Crippen LogP contribution in [-0.2, 0) is 0 Å². The Morgan fingerprint density at radius 2 is 2.04 bits per heavy atom. The SMILES string of the molecule is COc1cc(/C=C(/Cl)C(=O)c2ccc(N(C)C)c(N)c2)cc2c1OCO2. The Hall–Kier alpha value is -2.86. The van der Waals surface area contributed by atoms with E-state index in [1.54, 1.807) is 36.4 Å². The Labute approximate surface area is 156 Å². The van der Waals surface area contributed by atoms with Crippen LogP contribution in [-0.4, -0.2) is 33.8 Å². The molecule has 0 amide bonds. The predicted molar refractivity (Wildman–Crippen MR) is 102 cm³/mol. The van der Waals surface area contributed by atoms with Gasteiger partial charge in [-0.1, -0.05) is 11.6 Å². The summed E-state index contributed by atoms with van der Waals surface area (Å²) in [5.41, 5.74) is 8.44. The molecule has 1 heterocycles. The van der Waals surface area contributed by atoms with Crippen LogP contribution in [0.5, 0.6) is 17.2 Å². The molecule has 1 aliphatic heterocycles. The number of allylic oxidation sites excluding steroid dienone is 1. The lowest BCUT2D eigenvalue weighted by molar-refractivity contribution is 0.104. The van der Waals surface area contributed by atoms with Crippen LogP contribution in [0.1, 0.15) is 15.9 Å². The van der Waals surface area contributed by atoms with E-state index in [4.69, 9.17) is 31.5 Å². The average molecular weight is 375 g/mol. The predicted octanol–water partition coefficient (Wildman–Crippen LogP) is 3.53. The molecule has 136 valence electrons. The molecule has 0 bridgehead atoms. The normalized spacial score (nSPS) is 12.8. The number of rotatable bonds is 5. The number of ether oxygens (including phenoxy) is 3. The van der Waals surface area contributed by atoms with Crippen molar-refractivity contribution in [3.8, 4) is 17.2 Å². The molecule has 0 saturated heterocycles. The zero-order chi connectivity index (χ0) is 18.8. The molecule has 0 spiro atoms. The molecule has 7 heteroatoms. The van der Waals surface area contributed by atoms with Gasteiger partial charge in [-0.05, 0) is 42.0 Å². The third-order valence-corrected chi connectivity index (χ3v) is 4.24. The van der Waals surface area contributed by atoms with Gasteiger partial charge in [0.05, 0.1) is 23.5 Å². The summed E-state index contributed by atoms with van der Waals surface area (Å²) in [6, 6.07) is 8.58. The maximum atomic E-state index is 12.6. The number of nitrogens with zero attached hydrogens (tertiary/aromatic N) is 1. The van der Waals surface area contributed by atoms with E-state index in [9.17, 15) is 4.79 Å². The zero-order valence-electron chi connectivity index (χ0n) is 14.7. The number of benzene rings is 2. The van der Waals surface area contributed by atoms with E-state index in [1.807, 2.05) is 19.0 Å². The van der Waals surface area contributed by atoms with Crippen LogP contribution in [0.25, 0.3) is 6.08 Å². The number of methoxy groups -OCH3 is 1. The van der Waals surface area contributed by atoms with Gasteiger partial charge in [0.2, 0.25) is 18.3 Å². The highest BCUT2D eigenvalue weighted by molar-refractivity contribution is 6.47. The van der Waals surface area contributed by atoms with Gasteiger partial charge < -0.3 is 24.8 Å². The van der Waals surface area contributed by atoms with Gasteiger partial charge in [0, 0.05) is 19.7 Å². The van der Waals surface area contributed by atoms with Crippen molar-refractivity contribution in [3.05, 3.63) is 46.5 Å². The highest BCUT2D eigenvalue weighted by Crippen LogP contribution is 2.42. The van der Waals surface area contributed by atoms with Crippen molar-refractivity contribution in [3.63, 3.8) is 0 Å². The second kappa shape index (κ2) is 7.17. The Morgan fingerprint density at radius 3 is 2.69 bits per heavy atom. The molecule has 0 saturated carbocycles. The molecule has 0 aliphatic carbocycles. The van der Waals surface area contributed by atoms with E-state index in [-0.39, 0.29) is 17.6 Å². The van der Waals surface area contributed by atoms with E-state index in [2.05, 4.69) is 0 Å². The lowest BCUT2D eigenvalue weighted by Crippen LogP contribution is -2.12. The maximum Gasteiger partial charge on any atom is 0.231 e. The first kappa shape index (κ1) is 17.9. The van der Waals surface area contributed by atoms with Gasteiger partial charge in [-0.25, -0.2) is 0 Å². The minimum absolute atomic E-state index is 0.0583. The monoisotopic (exact) mass is 374 g/mol. The van der Waals surface area contributed by atoms with E-state index in [0.29, 0.717) is 34.1 Å². The molecule has 2 aromatic rings. The fourth-order valence-corrected chi connectivity index (χ4v) is 2.92. The van der Waals surface area contributed by atoms with Gasteiger partial charge in [0.1, 0.15) is 0 Å². The summed E-state index contributed by atoms with van der Waals surface area (Å²) < 4.78 is 16.0. The number of hydrogen-bond acceptors (Lipinski definition) is 6. The molecule has 0 aromatic heterocycles. The average Bonchev–Trinajstić information content (AvgIpc) is 3.08. The second-order valence-corrected chi connectivity index (χ2v) is 6.35. The Kier molecular flexibility index (Phi) is 4.95. The number of Topliss-reactive ketones (excluding diaryl/α,β-unsaturated/α-hetero) is 1. The molecule has 1 aliphatic rings. The third-order valence-electron chi connectivity index (χ3n) is 3.96. The molecular formula is C19H19ClN2O4. The molecule has 0 fully saturated rings. The van der Waals surface area contributed by atoms with E-state index >= 15 is 0 Å². The van der Waals surface area contributed by atoms with Gasteiger partial charge in [-0.3, -0.25) is 4.79 Å². The van der Waals surface area contributed by atoms with Crippen molar-refractivity contribution in [1.29, 1.82) is 0 Å². The molecule has 0 atom stereocenters. The largest absolute Gasteiger partial charge is 0.493 e. The van der Waals surface area contributed by atoms with Crippen LogP contribution >= 0.6 is 11.6 Å². The lowest BCUT2D eigenvalue weighted by atomic mass is 10.1. The topological polar surface area (TPSA) is 74.0 Å². The van der Waals surface area contributed by atoms with Crippen LogP contribution in [0.2, 0.25) is 0 Å². The minimum Gasteiger partial charge on any atom is -0.493 e. The van der Waals surface area contributed by atoms with Crippen LogP contribution in [0.4, 0.5) is 11.4 Å². The number of nitrogens with two attached hydrogens (primary N) is 1. The Bertz CT molecular complexity index is 893. The van der Waals surface area contributed by atoms with E-state index < -0.39 is 0 Å². The number of halogens is 1. The van der Waals surface area contributed by atoms with Crippen molar-refractivity contribution < 1.29 is 19.0 Å². The summed E-state index contributed by atoms with van der Waals surface area (Å²) in [5.74, 6) is 1.29. The molecule has 0 unspecified atom stereocenters. The third kappa shape index (κ3) is 3.41. The number of hydrogen-bond donors (Lipinski definition) is 1. The number of ketones is 1. The first-order valence-electron chi connectivity index (χ1n) is 7.87. The minimum atomic E-state index is -0.319. The standard InChI is InChI=1S/C19H19ClN2O4/c1-22(2)15-5-4-12(9-14(15)21)18(23)13(20)6-11-7-16(24-3)19-17(8-11)25-10-26-19/h4-9H,10,21H2,1-3H3/b13-6+. The highest BCUT2D eigenvalue weighted by Gasteiger charge is 2.20. The van der Waals surface area contributed by atoms with Crippen molar-refractivity contribution in [2.45, 2.75) is 0 Å². The van der Waals surface area contributed by atoms with Crippen LogP contribution < -0.4 is 24.8 Å². The number of carbonyl (C=O) groups is 1. The quantitative estimate of drug-likeness (QED) is 0.490. The summed E-state index contributed by atoms with van der Waals surface area (Å²) in [6.45, 7) is 0.128. The molecule has 3 rings (SSSR count). The fourth-order valence-electron chi connectivity index (χ4n) is 2.69. The molecule has 2 aromatic carbocycles. The van der Waals surface area contributed by atoms with Crippen molar-refractivity contribution in [1.82, 2.24) is 0 Å². The molecule has 6 nitrogen and oxygen atoms in total. The smallest absolute Gasteiger partial charge is 0.231 e. The van der Waals surface area contributed by atoms with Gasteiger partial charge in [-0.2, -0.15) is 0 Å². The van der Waals surface area contributed by atoms with Gasteiger partial charge in [0.15, 0.2) is 11.5 Å². The van der Waals surface area contributed by atoms with Crippen molar-refractivity contribution in [2.75, 3.05) is 38.6 Å². The summed E-state index contributed by atoms with van der Waals surface area (Å²) in [7, 11) is 5.30. The molecular weight excluding hydrogens is 356 g/mol. The van der Waals surface area contributed by atoms with E-state index in [0.717, 1.165) is 5.69 Å². The highest BCUT2D eigenvalue weighted by atomic mass is 35.5. The number of anilines is 2. The van der Waals surface area contributed by atoms with Crippen molar-refractivity contribution >= 4 is 34.8 Å². The number of nitrogen functional groups attached to an aromatic ring is 1. The molecule has 2 N–H and O–H groups in total. The Morgan fingerprint density at radius 1 is 1.27 bits per heavy atom. The van der Waals surface area contributed by atoms with Gasteiger partial charge >= 0.3 is 0 Å². The molecule has 26 heavy (non-hydrogen) atoms. The maximum absolute atomic E-state index is 12.6. The van der Waals surface area contributed by atoms with E-state index in [1.165, 1.54) is 7.11 Å². The summed E-state index contributed by atoms with van der Waals surface area (Å²) in [4.78, 5) is 14.5. The fraction of sp³-hybridized carbons (Fsp3) is 0.211. The number of carbonyl (C=O) groups excluding carboxylic acids is 1. The van der Waals surface area contributed by atoms with Crippen LogP contribution in [0.15, 0.2) is 35.4 Å². The van der Waals surface area contributed by atoms with Crippen LogP contribution in [0, 0.1) is 0 Å². The second-order valence-electron chi connectivity index (χ2n) is 5.95. The number of fused-ring (bicyclic) bond motifs is 1. The zero-order valence-corrected chi connectivity index (χ0v) is 15.5. The first-order chi connectivity index (χ1) is 12.4. The van der Waals surface area contributed by atoms with Crippen LogP contribution in [0.3, 0.4) is 0 Å². The summed E-state index contributed by atoms with van der Waals surface area (Å²) in [5, 5.41) is 0.0583. The summed E-state index contributed by atoms with van der Waals surface area (Å²) >= 11 is 6.25. The van der Waals surface area contributed by atoms with Gasteiger partial charge in [-0.15, -0.1) is 0 Å². The van der Waals surface area contributed by atoms with Crippen molar-refractivity contribution in [2.24, 2.45) is 0 Å². The van der Waals surface area contributed by atoms with Gasteiger partial charge in [0.25, 0.3) is 0 Å². The first-order valence-corrected chi connectivity index (χ1v) is 8.25.